The van der Waals surface area contributed by atoms with Crippen LogP contribution in [-0.4, -0.2) is 32.5 Å². The van der Waals surface area contributed by atoms with Crippen LogP contribution in [0.2, 0.25) is 5.02 Å². The second kappa shape index (κ2) is 9.13. The Kier molecular flexibility index (Phi) is 6.77. The molecular weight excluding hydrogens is 446 g/mol. The van der Waals surface area contributed by atoms with Gasteiger partial charge in [0.1, 0.15) is 5.75 Å². The van der Waals surface area contributed by atoms with Gasteiger partial charge in [-0.25, -0.2) is 13.4 Å². The van der Waals surface area contributed by atoms with Crippen molar-refractivity contribution in [2.75, 3.05) is 12.4 Å². The first kappa shape index (κ1) is 22.2. The Hall–Kier alpha value is -2.46. The first-order valence-corrected chi connectivity index (χ1v) is 11.6. The quantitative estimate of drug-likeness (QED) is 0.547. The minimum Gasteiger partial charge on any atom is -0.497 e. The number of carbonyl (C=O) groups excluding carboxylic acids is 1. The number of thiazole rings is 1. The first-order chi connectivity index (χ1) is 14.2. The van der Waals surface area contributed by atoms with Crippen LogP contribution >= 0.6 is 22.9 Å². The summed E-state index contributed by atoms with van der Waals surface area (Å²) in [5, 5.41) is 3.49. The van der Waals surface area contributed by atoms with Crippen LogP contribution < -0.4 is 14.8 Å². The summed E-state index contributed by atoms with van der Waals surface area (Å²) in [6.07, 6.45) is 0. The molecule has 1 aromatic heterocycles. The van der Waals surface area contributed by atoms with Gasteiger partial charge in [-0.3, -0.25) is 4.79 Å². The van der Waals surface area contributed by atoms with Crippen molar-refractivity contribution in [1.82, 2.24) is 9.71 Å². The van der Waals surface area contributed by atoms with Gasteiger partial charge in [-0.2, -0.15) is 4.72 Å². The number of aryl methyl sites for hydroxylation is 1. The van der Waals surface area contributed by atoms with Gasteiger partial charge in [0.25, 0.3) is 0 Å². The van der Waals surface area contributed by atoms with Gasteiger partial charge in [0.15, 0.2) is 5.13 Å². The van der Waals surface area contributed by atoms with Gasteiger partial charge < -0.3 is 10.1 Å². The number of nitrogens with one attached hydrogen (secondary N) is 2. The van der Waals surface area contributed by atoms with Crippen LogP contribution in [0.25, 0.3) is 11.3 Å². The molecule has 3 rings (SSSR count). The molecule has 7 nitrogen and oxygen atoms in total. The first-order valence-electron chi connectivity index (χ1n) is 8.90. The maximum atomic E-state index is 12.5. The Balaban J connectivity index is 1.70. The van der Waals surface area contributed by atoms with E-state index in [1.807, 2.05) is 31.2 Å². The molecular formula is C20H20ClN3O4S2. The van der Waals surface area contributed by atoms with Gasteiger partial charge in [0.2, 0.25) is 15.9 Å². The Morgan fingerprint density at radius 2 is 1.77 bits per heavy atom. The van der Waals surface area contributed by atoms with E-state index in [0.29, 0.717) is 10.2 Å². The summed E-state index contributed by atoms with van der Waals surface area (Å²) in [6.45, 7) is 3.37. The van der Waals surface area contributed by atoms with Crippen LogP contribution in [0.4, 0.5) is 5.13 Å². The molecule has 2 N–H and O–H groups in total. The lowest BCUT2D eigenvalue weighted by atomic mass is 10.1. The summed E-state index contributed by atoms with van der Waals surface area (Å²) in [5.74, 6) is 0.226. The summed E-state index contributed by atoms with van der Waals surface area (Å²) in [6, 6.07) is 12.1. The topological polar surface area (TPSA) is 97.4 Å². The van der Waals surface area contributed by atoms with Gasteiger partial charge in [-0.05, 0) is 62.4 Å². The molecule has 0 fully saturated rings. The molecule has 0 bridgehead atoms. The third kappa shape index (κ3) is 5.17. The predicted octanol–water partition coefficient (Wildman–Crippen LogP) is 4.09. The standard InChI is InChI=1S/C20H20ClN3O4S2/c1-12(24-30(26,27)17-10-6-15(21)7-11-17)19(25)23-20-22-18(13(2)29-20)14-4-8-16(28-3)9-5-14/h4-12,24H,1-3H3,(H,22,23,25)/t12-/m0/s1. The molecule has 30 heavy (non-hydrogen) atoms. The van der Waals surface area contributed by atoms with Gasteiger partial charge >= 0.3 is 0 Å². The van der Waals surface area contributed by atoms with E-state index < -0.39 is 22.0 Å². The van der Waals surface area contributed by atoms with Crippen LogP contribution in [-0.2, 0) is 14.8 Å². The largest absolute Gasteiger partial charge is 0.497 e. The fraction of sp³-hybridized carbons (Fsp3) is 0.200. The zero-order valence-electron chi connectivity index (χ0n) is 16.5. The van der Waals surface area contributed by atoms with Crippen molar-refractivity contribution in [3.63, 3.8) is 0 Å². The zero-order chi connectivity index (χ0) is 21.9. The van der Waals surface area contributed by atoms with E-state index in [0.717, 1.165) is 21.9 Å². The summed E-state index contributed by atoms with van der Waals surface area (Å²) in [5.41, 5.74) is 1.63. The molecule has 0 saturated heterocycles. The normalized spacial score (nSPS) is 12.4. The molecule has 158 valence electrons. The monoisotopic (exact) mass is 465 g/mol. The highest BCUT2D eigenvalue weighted by Crippen LogP contribution is 2.31. The minimum atomic E-state index is -3.86. The number of amides is 1. The van der Waals surface area contributed by atoms with Crippen molar-refractivity contribution in [3.8, 4) is 17.0 Å². The minimum absolute atomic E-state index is 0.0263. The number of ether oxygens (including phenoxy) is 1. The molecule has 0 aliphatic rings. The van der Waals surface area contributed by atoms with Crippen LogP contribution in [0.15, 0.2) is 53.4 Å². The second-order valence-electron chi connectivity index (χ2n) is 6.44. The lowest BCUT2D eigenvalue weighted by Crippen LogP contribution is -2.41. The van der Waals surface area contributed by atoms with Crippen LogP contribution in [0.3, 0.4) is 0 Å². The zero-order valence-corrected chi connectivity index (χ0v) is 18.9. The van der Waals surface area contributed by atoms with Crippen LogP contribution in [0.1, 0.15) is 11.8 Å². The van der Waals surface area contributed by atoms with Crippen molar-refractivity contribution >= 4 is 44.0 Å². The number of halogens is 1. The molecule has 0 aliphatic heterocycles. The third-order valence-electron chi connectivity index (χ3n) is 4.24. The van der Waals surface area contributed by atoms with Crippen molar-refractivity contribution in [1.29, 1.82) is 0 Å². The Morgan fingerprint density at radius 1 is 1.13 bits per heavy atom. The van der Waals surface area contributed by atoms with E-state index in [2.05, 4.69) is 15.0 Å². The fourth-order valence-corrected chi connectivity index (χ4v) is 4.82. The highest BCUT2D eigenvalue weighted by molar-refractivity contribution is 7.89. The summed E-state index contributed by atoms with van der Waals surface area (Å²) in [4.78, 5) is 17.9. The number of nitrogens with zero attached hydrogens (tertiary/aromatic N) is 1. The molecule has 1 atom stereocenters. The maximum absolute atomic E-state index is 12.5. The lowest BCUT2D eigenvalue weighted by molar-refractivity contribution is -0.117. The van der Waals surface area contributed by atoms with Gasteiger partial charge in [0.05, 0.1) is 23.7 Å². The van der Waals surface area contributed by atoms with Gasteiger partial charge in [0, 0.05) is 15.5 Å². The van der Waals surface area contributed by atoms with Gasteiger partial charge in [-0.15, -0.1) is 11.3 Å². The van der Waals surface area contributed by atoms with E-state index in [1.165, 1.54) is 42.5 Å². The molecule has 0 radical (unpaired) electrons. The van der Waals surface area contributed by atoms with E-state index in [4.69, 9.17) is 16.3 Å². The van der Waals surface area contributed by atoms with Crippen LogP contribution in [0.5, 0.6) is 5.75 Å². The van der Waals surface area contributed by atoms with Crippen molar-refractivity contribution in [2.24, 2.45) is 0 Å². The number of hydrogen-bond acceptors (Lipinski definition) is 6. The molecule has 1 amide bonds. The second-order valence-corrected chi connectivity index (χ2v) is 9.79. The number of aromatic nitrogens is 1. The Bertz CT molecular complexity index is 1140. The van der Waals surface area contributed by atoms with Crippen LogP contribution in [0, 0.1) is 6.92 Å². The number of rotatable bonds is 7. The molecule has 1 heterocycles. The smallest absolute Gasteiger partial charge is 0.244 e. The molecule has 0 aliphatic carbocycles. The van der Waals surface area contributed by atoms with Crippen molar-refractivity contribution < 1.29 is 17.9 Å². The molecule has 0 saturated carbocycles. The van der Waals surface area contributed by atoms with E-state index in [-0.39, 0.29) is 4.90 Å². The van der Waals surface area contributed by atoms with E-state index in [9.17, 15) is 13.2 Å². The predicted molar refractivity (Wildman–Crippen MR) is 119 cm³/mol. The molecule has 3 aromatic rings. The van der Waals surface area contributed by atoms with Crippen molar-refractivity contribution in [2.45, 2.75) is 24.8 Å². The highest BCUT2D eigenvalue weighted by atomic mass is 35.5. The number of benzene rings is 2. The van der Waals surface area contributed by atoms with Gasteiger partial charge in [-0.1, -0.05) is 11.6 Å². The van der Waals surface area contributed by atoms with Crippen molar-refractivity contribution in [3.05, 3.63) is 58.4 Å². The third-order valence-corrected chi connectivity index (χ3v) is 6.93. The Morgan fingerprint density at radius 3 is 2.37 bits per heavy atom. The summed E-state index contributed by atoms with van der Waals surface area (Å²) in [7, 11) is -2.27. The number of methoxy groups -OCH3 is 1. The SMILES string of the molecule is COc1ccc(-c2nc(NC(=O)[C@H](C)NS(=O)(=O)c3ccc(Cl)cc3)sc2C)cc1. The molecule has 2 aromatic carbocycles. The number of hydrogen-bond donors (Lipinski definition) is 2. The lowest BCUT2D eigenvalue weighted by Gasteiger charge is -2.13. The summed E-state index contributed by atoms with van der Waals surface area (Å²) >= 11 is 7.11. The Labute approximate surface area is 184 Å². The highest BCUT2D eigenvalue weighted by Gasteiger charge is 2.23. The number of anilines is 1. The molecule has 10 heteroatoms. The van der Waals surface area contributed by atoms with E-state index >= 15 is 0 Å². The maximum Gasteiger partial charge on any atom is 0.244 e. The number of sulfonamides is 1. The summed E-state index contributed by atoms with van der Waals surface area (Å²) < 4.78 is 32.4. The average molecular weight is 466 g/mol. The number of carbonyl (C=O) groups is 1. The molecule has 0 spiro atoms. The molecule has 0 unspecified atom stereocenters. The van der Waals surface area contributed by atoms with E-state index in [1.54, 1.807) is 7.11 Å². The average Bonchev–Trinajstić information content (AvgIpc) is 3.08. The fourth-order valence-electron chi connectivity index (χ4n) is 2.65.